The van der Waals surface area contributed by atoms with Crippen molar-refractivity contribution in [3.8, 4) is 0 Å². The van der Waals surface area contributed by atoms with Gasteiger partial charge >= 0.3 is 12.4 Å². The molecule has 4 nitrogen and oxygen atoms in total. The van der Waals surface area contributed by atoms with Crippen LogP contribution in [0.4, 0.5) is 32.0 Å². The van der Waals surface area contributed by atoms with Gasteiger partial charge in [-0.3, -0.25) is 9.59 Å². The first-order chi connectivity index (χ1) is 14.0. The van der Waals surface area contributed by atoms with Crippen molar-refractivity contribution in [2.75, 3.05) is 31.1 Å². The molecule has 30 heavy (non-hydrogen) atoms. The minimum absolute atomic E-state index is 0.0364. The molecule has 1 aliphatic rings. The van der Waals surface area contributed by atoms with E-state index in [4.69, 9.17) is 0 Å². The fraction of sp³-hybridized carbons (Fsp3) is 0.300. The molecule has 0 N–H and O–H groups in total. The Labute approximate surface area is 167 Å². The van der Waals surface area contributed by atoms with Gasteiger partial charge in [-0.25, -0.2) is 0 Å². The molecule has 1 fully saturated rings. The second kappa shape index (κ2) is 8.00. The van der Waals surface area contributed by atoms with Gasteiger partial charge in [-0.1, -0.05) is 24.3 Å². The van der Waals surface area contributed by atoms with Crippen LogP contribution >= 0.6 is 0 Å². The van der Waals surface area contributed by atoms with Crippen LogP contribution in [0.3, 0.4) is 0 Å². The summed E-state index contributed by atoms with van der Waals surface area (Å²) in [5.74, 6) is -0.839. The lowest BCUT2D eigenvalue weighted by atomic mass is 10.0. The number of benzene rings is 2. The van der Waals surface area contributed by atoms with Gasteiger partial charge in [0.1, 0.15) is 0 Å². The molecule has 0 aliphatic carbocycles. The largest absolute Gasteiger partial charge is 0.419 e. The van der Waals surface area contributed by atoms with Crippen LogP contribution in [-0.4, -0.2) is 43.3 Å². The summed E-state index contributed by atoms with van der Waals surface area (Å²) in [5, 5.41) is 0. The fourth-order valence-corrected chi connectivity index (χ4v) is 3.42. The van der Waals surface area contributed by atoms with Crippen molar-refractivity contribution in [1.29, 1.82) is 0 Å². The molecule has 0 spiro atoms. The van der Waals surface area contributed by atoms with E-state index in [0.717, 1.165) is 18.2 Å². The Balaban J connectivity index is 1.82. The number of hydrogen-bond donors (Lipinski definition) is 0. The van der Waals surface area contributed by atoms with Crippen LogP contribution in [0.2, 0.25) is 0 Å². The molecule has 0 bridgehead atoms. The number of nitrogens with zero attached hydrogens (tertiary/aromatic N) is 2. The summed E-state index contributed by atoms with van der Waals surface area (Å²) >= 11 is 0. The van der Waals surface area contributed by atoms with E-state index in [-0.39, 0.29) is 31.9 Å². The van der Waals surface area contributed by atoms with E-state index in [9.17, 15) is 35.9 Å². The highest BCUT2D eigenvalue weighted by Crippen LogP contribution is 2.39. The Bertz CT molecular complexity index is 947. The van der Waals surface area contributed by atoms with E-state index in [1.165, 1.54) is 40.4 Å². The number of carbonyl (C=O) groups excluding carboxylic acids is 2. The lowest BCUT2D eigenvalue weighted by Crippen LogP contribution is -2.49. The monoisotopic (exact) mass is 429 g/mol. The van der Waals surface area contributed by atoms with Gasteiger partial charge in [0.2, 0.25) is 6.29 Å². The summed E-state index contributed by atoms with van der Waals surface area (Å²) in [6.07, 6.45) is -8.21. The quantitative estimate of drug-likeness (QED) is 0.689. The molecule has 1 radical (unpaired) electrons. The molecular weight excluding hydrogens is 414 g/mol. The van der Waals surface area contributed by atoms with Crippen molar-refractivity contribution in [3.63, 3.8) is 0 Å². The zero-order valence-corrected chi connectivity index (χ0v) is 15.3. The third-order valence-corrected chi connectivity index (χ3v) is 4.81. The van der Waals surface area contributed by atoms with Crippen LogP contribution < -0.4 is 4.90 Å². The molecule has 159 valence electrons. The Morgan fingerprint density at radius 2 is 1.47 bits per heavy atom. The summed E-state index contributed by atoms with van der Waals surface area (Å²) in [5.41, 5.74) is -3.55. The van der Waals surface area contributed by atoms with Crippen LogP contribution in [0.25, 0.3) is 0 Å². The van der Waals surface area contributed by atoms with E-state index < -0.39 is 40.5 Å². The van der Waals surface area contributed by atoms with Crippen molar-refractivity contribution in [2.24, 2.45) is 0 Å². The zero-order valence-electron chi connectivity index (χ0n) is 15.3. The van der Waals surface area contributed by atoms with Crippen molar-refractivity contribution >= 4 is 17.9 Å². The molecule has 0 saturated carbocycles. The topological polar surface area (TPSA) is 40.6 Å². The van der Waals surface area contributed by atoms with Crippen molar-refractivity contribution in [2.45, 2.75) is 12.4 Å². The molecule has 2 aromatic rings. The summed E-state index contributed by atoms with van der Waals surface area (Å²) in [4.78, 5) is 26.1. The Morgan fingerprint density at radius 1 is 0.833 bits per heavy atom. The maximum absolute atomic E-state index is 13.5. The first-order valence-electron chi connectivity index (χ1n) is 8.83. The molecule has 2 aromatic carbocycles. The van der Waals surface area contributed by atoms with Crippen LogP contribution in [0.5, 0.6) is 0 Å². The van der Waals surface area contributed by atoms with Crippen molar-refractivity contribution in [1.82, 2.24) is 4.90 Å². The number of carbonyl (C=O) groups is 1. The average molecular weight is 429 g/mol. The van der Waals surface area contributed by atoms with Crippen LogP contribution in [0.1, 0.15) is 27.0 Å². The van der Waals surface area contributed by atoms with E-state index >= 15 is 0 Å². The molecule has 3 rings (SSSR count). The minimum atomic E-state index is -4.79. The normalized spacial score (nSPS) is 15.3. The Hall–Kier alpha value is -3.04. The highest BCUT2D eigenvalue weighted by Gasteiger charge is 2.39. The fourth-order valence-electron chi connectivity index (χ4n) is 3.42. The first kappa shape index (κ1) is 21.7. The Kier molecular flexibility index (Phi) is 5.78. The smallest absolute Gasteiger partial charge is 0.367 e. The highest BCUT2D eigenvalue weighted by molar-refractivity contribution is 5.96. The standard InChI is InChI=1S/C20H15F6N2O2/c21-19(22,23)15-6-2-1-5-14(15)18(30)28-10-8-27(9-11-28)16-7-3-4-13(12-29)17(16)20(24,25)26/h1-7H,8-11H2. The van der Waals surface area contributed by atoms with Crippen molar-refractivity contribution in [3.05, 3.63) is 64.7 Å². The van der Waals surface area contributed by atoms with E-state index in [2.05, 4.69) is 0 Å². The minimum Gasteiger partial charge on any atom is -0.367 e. The molecule has 0 unspecified atom stereocenters. The average Bonchev–Trinajstić information content (AvgIpc) is 2.71. The van der Waals surface area contributed by atoms with E-state index in [0.29, 0.717) is 0 Å². The summed E-state index contributed by atoms with van der Waals surface area (Å²) < 4.78 is 79.9. The number of rotatable bonds is 3. The maximum atomic E-state index is 13.5. The predicted molar refractivity (Wildman–Crippen MR) is 95.8 cm³/mol. The van der Waals surface area contributed by atoms with Gasteiger partial charge < -0.3 is 9.80 Å². The van der Waals surface area contributed by atoms with Gasteiger partial charge in [0, 0.05) is 37.4 Å². The first-order valence-corrected chi connectivity index (χ1v) is 8.83. The molecule has 0 aromatic heterocycles. The van der Waals surface area contributed by atoms with Crippen molar-refractivity contribution < 1.29 is 35.9 Å². The molecular formula is C20H15F6N2O2. The molecule has 1 saturated heterocycles. The van der Waals surface area contributed by atoms with Gasteiger partial charge in [0.15, 0.2) is 0 Å². The lowest BCUT2D eigenvalue weighted by molar-refractivity contribution is -0.138. The van der Waals surface area contributed by atoms with Gasteiger partial charge in [-0.15, -0.1) is 0 Å². The molecule has 1 heterocycles. The molecule has 1 amide bonds. The third kappa shape index (κ3) is 4.27. The molecule has 0 atom stereocenters. The third-order valence-electron chi connectivity index (χ3n) is 4.81. The van der Waals surface area contributed by atoms with Gasteiger partial charge in [0.05, 0.1) is 16.7 Å². The lowest BCUT2D eigenvalue weighted by Gasteiger charge is -2.37. The van der Waals surface area contributed by atoms with Crippen LogP contribution in [-0.2, 0) is 17.1 Å². The van der Waals surface area contributed by atoms with Gasteiger partial charge in [-0.2, -0.15) is 26.3 Å². The summed E-state index contributed by atoms with van der Waals surface area (Å²) in [6.45, 7) is -0.217. The molecule has 10 heteroatoms. The maximum Gasteiger partial charge on any atom is 0.419 e. The van der Waals surface area contributed by atoms with E-state index in [1.54, 1.807) is 0 Å². The number of hydrogen-bond acceptors (Lipinski definition) is 3. The SMILES string of the molecule is O=[C]c1cccc(N2CCN(C(=O)c3ccccc3C(F)(F)F)CC2)c1C(F)(F)F. The number of amides is 1. The van der Waals surface area contributed by atoms with E-state index in [1.807, 2.05) is 0 Å². The number of halogens is 6. The second-order valence-electron chi connectivity index (χ2n) is 6.62. The van der Waals surface area contributed by atoms with Crippen LogP contribution in [0, 0.1) is 0 Å². The Morgan fingerprint density at radius 3 is 2.03 bits per heavy atom. The van der Waals surface area contributed by atoms with Gasteiger partial charge in [0.25, 0.3) is 5.91 Å². The molecule has 1 aliphatic heterocycles. The number of piperazine rings is 1. The number of alkyl halides is 6. The zero-order chi connectivity index (χ0) is 22.1. The van der Waals surface area contributed by atoms with Gasteiger partial charge in [-0.05, 0) is 18.2 Å². The second-order valence-corrected chi connectivity index (χ2v) is 6.62. The highest BCUT2D eigenvalue weighted by atomic mass is 19.4. The predicted octanol–water partition coefficient (Wildman–Crippen LogP) is 4.14. The summed E-state index contributed by atoms with van der Waals surface area (Å²) in [7, 11) is 0. The number of anilines is 1. The summed E-state index contributed by atoms with van der Waals surface area (Å²) in [6, 6.07) is 7.88. The van der Waals surface area contributed by atoms with Crippen LogP contribution in [0.15, 0.2) is 42.5 Å².